The molecule has 0 saturated carbocycles. The van der Waals surface area contributed by atoms with Crippen molar-refractivity contribution in [2.24, 2.45) is 0 Å². The van der Waals surface area contributed by atoms with Crippen molar-refractivity contribution in [1.82, 2.24) is 15.4 Å². The second-order valence-corrected chi connectivity index (χ2v) is 6.40. The van der Waals surface area contributed by atoms with Crippen molar-refractivity contribution in [3.05, 3.63) is 70.5 Å². The van der Waals surface area contributed by atoms with Crippen LogP contribution < -0.4 is 21.5 Å². The number of para-hydroxylation sites is 1. The lowest BCUT2D eigenvalue weighted by Crippen LogP contribution is -2.30. The summed E-state index contributed by atoms with van der Waals surface area (Å²) in [6, 6.07) is 14.2. The zero-order valence-corrected chi connectivity index (χ0v) is 15.8. The molecule has 0 atom stereocenters. The summed E-state index contributed by atoms with van der Waals surface area (Å²) in [7, 11) is 1.84. The lowest BCUT2D eigenvalue weighted by atomic mass is 10.2. The Bertz CT molecular complexity index is 967. The minimum atomic E-state index is -0.451. The van der Waals surface area contributed by atoms with Crippen LogP contribution in [-0.4, -0.2) is 22.9 Å². The lowest BCUT2D eigenvalue weighted by molar-refractivity contribution is 0.0962. The SMILES string of the molecule is CN(c1ccccc1)c1ncnc(NNC(=O)c2ccc(Cl)cc2Cl)c1N. The number of nitrogens with zero attached hydrogens (tertiary/aromatic N) is 3. The van der Waals surface area contributed by atoms with Gasteiger partial charge < -0.3 is 10.6 Å². The molecule has 138 valence electrons. The van der Waals surface area contributed by atoms with Gasteiger partial charge in [-0.05, 0) is 30.3 Å². The summed E-state index contributed by atoms with van der Waals surface area (Å²) in [4.78, 5) is 22.4. The number of benzene rings is 2. The van der Waals surface area contributed by atoms with Crippen molar-refractivity contribution in [2.45, 2.75) is 0 Å². The van der Waals surface area contributed by atoms with Gasteiger partial charge in [0.2, 0.25) is 0 Å². The van der Waals surface area contributed by atoms with Gasteiger partial charge in [-0.3, -0.25) is 15.6 Å². The Labute approximate surface area is 166 Å². The lowest BCUT2D eigenvalue weighted by Gasteiger charge is -2.21. The number of nitrogens with two attached hydrogens (primary N) is 1. The van der Waals surface area contributed by atoms with E-state index < -0.39 is 5.91 Å². The molecule has 27 heavy (non-hydrogen) atoms. The topological polar surface area (TPSA) is 96.2 Å². The molecule has 0 saturated heterocycles. The molecule has 2 aromatic carbocycles. The molecule has 1 aromatic heterocycles. The first-order chi connectivity index (χ1) is 13.0. The van der Waals surface area contributed by atoms with E-state index in [1.54, 1.807) is 6.07 Å². The van der Waals surface area contributed by atoms with Crippen LogP contribution in [0.4, 0.5) is 23.0 Å². The first kappa shape index (κ1) is 18.8. The van der Waals surface area contributed by atoms with Crippen LogP contribution >= 0.6 is 23.2 Å². The van der Waals surface area contributed by atoms with E-state index in [0.717, 1.165) is 5.69 Å². The number of nitrogen functional groups attached to an aromatic ring is 1. The predicted molar refractivity (Wildman–Crippen MR) is 109 cm³/mol. The molecular formula is C18H16Cl2N6O. The highest BCUT2D eigenvalue weighted by atomic mass is 35.5. The van der Waals surface area contributed by atoms with Crippen LogP contribution in [0.5, 0.6) is 0 Å². The van der Waals surface area contributed by atoms with Crippen LogP contribution in [0.25, 0.3) is 0 Å². The monoisotopic (exact) mass is 402 g/mol. The zero-order chi connectivity index (χ0) is 19.4. The molecule has 1 amide bonds. The maximum absolute atomic E-state index is 12.3. The van der Waals surface area contributed by atoms with Gasteiger partial charge in [-0.15, -0.1) is 0 Å². The number of hydrogen-bond acceptors (Lipinski definition) is 6. The van der Waals surface area contributed by atoms with Crippen LogP contribution in [0.15, 0.2) is 54.9 Å². The van der Waals surface area contributed by atoms with E-state index in [-0.39, 0.29) is 22.1 Å². The Morgan fingerprint density at radius 3 is 2.56 bits per heavy atom. The molecule has 3 aromatic rings. The van der Waals surface area contributed by atoms with Crippen LogP contribution in [0, 0.1) is 0 Å². The molecule has 4 N–H and O–H groups in total. The molecule has 3 rings (SSSR count). The Morgan fingerprint density at radius 2 is 1.85 bits per heavy atom. The van der Waals surface area contributed by atoms with Gasteiger partial charge in [0.25, 0.3) is 5.91 Å². The summed E-state index contributed by atoms with van der Waals surface area (Å²) in [5, 5.41) is 0.681. The van der Waals surface area contributed by atoms with Crippen molar-refractivity contribution < 1.29 is 4.79 Å². The third-order valence-electron chi connectivity index (χ3n) is 3.79. The number of amides is 1. The van der Waals surface area contributed by atoms with Crippen molar-refractivity contribution in [3.8, 4) is 0 Å². The van der Waals surface area contributed by atoms with Gasteiger partial charge in [0.1, 0.15) is 12.0 Å². The molecule has 1 heterocycles. The summed E-state index contributed by atoms with van der Waals surface area (Å²) in [6.07, 6.45) is 1.36. The Hall–Kier alpha value is -3.03. The van der Waals surface area contributed by atoms with Crippen molar-refractivity contribution in [2.75, 3.05) is 23.1 Å². The van der Waals surface area contributed by atoms with E-state index in [2.05, 4.69) is 20.8 Å². The highest BCUT2D eigenvalue weighted by molar-refractivity contribution is 6.36. The fourth-order valence-electron chi connectivity index (χ4n) is 2.38. The van der Waals surface area contributed by atoms with Crippen molar-refractivity contribution in [3.63, 3.8) is 0 Å². The fourth-order valence-corrected chi connectivity index (χ4v) is 2.88. The number of halogens is 2. The number of rotatable bonds is 5. The average molecular weight is 403 g/mol. The number of hydrogen-bond donors (Lipinski definition) is 3. The molecule has 0 aliphatic carbocycles. The quantitative estimate of drug-likeness (QED) is 0.560. The fraction of sp³-hybridized carbons (Fsp3) is 0.0556. The first-order valence-corrected chi connectivity index (χ1v) is 8.63. The number of nitrogens with one attached hydrogen (secondary N) is 2. The van der Waals surface area contributed by atoms with E-state index in [1.807, 2.05) is 42.3 Å². The summed E-state index contributed by atoms with van der Waals surface area (Å²) in [5.41, 5.74) is 12.9. The van der Waals surface area contributed by atoms with Gasteiger partial charge in [0.05, 0.1) is 10.6 Å². The number of carbonyl (C=O) groups excluding carboxylic acids is 1. The van der Waals surface area contributed by atoms with Crippen LogP contribution in [-0.2, 0) is 0 Å². The second kappa shape index (κ2) is 8.11. The summed E-state index contributed by atoms with van der Waals surface area (Å²) in [6.45, 7) is 0. The maximum Gasteiger partial charge on any atom is 0.271 e. The number of aromatic nitrogens is 2. The van der Waals surface area contributed by atoms with Gasteiger partial charge in [0, 0.05) is 17.8 Å². The third-order valence-corrected chi connectivity index (χ3v) is 4.34. The highest BCUT2D eigenvalue weighted by Gasteiger charge is 2.15. The molecule has 0 spiro atoms. The Kier molecular flexibility index (Phi) is 5.63. The normalized spacial score (nSPS) is 10.3. The van der Waals surface area contributed by atoms with Crippen LogP contribution in [0.3, 0.4) is 0 Å². The van der Waals surface area contributed by atoms with E-state index >= 15 is 0 Å². The van der Waals surface area contributed by atoms with Gasteiger partial charge in [-0.1, -0.05) is 41.4 Å². The molecule has 0 radical (unpaired) electrons. The molecule has 9 heteroatoms. The first-order valence-electron chi connectivity index (χ1n) is 7.88. The standard InChI is InChI=1S/C18H16Cl2N6O/c1-26(12-5-3-2-4-6-12)17-15(21)16(22-10-23-17)24-25-18(27)13-8-7-11(19)9-14(13)20/h2-10H,21H2,1H3,(H,25,27)(H,22,23,24). The Morgan fingerprint density at radius 1 is 1.11 bits per heavy atom. The zero-order valence-electron chi connectivity index (χ0n) is 14.3. The van der Waals surface area contributed by atoms with E-state index in [9.17, 15) is 4.79 Å². The minimum absolute atomic E-state index is 0.238. The summed E-state index contributed by atoms with van der Waals surface area (Å²) < 4.78 is 0. The maximum atomic E-state index is 12.3. The molecule has 7 nitrogen and oxygen atoms in total. The number of hydrazine groups is 1. The van der Waals surface area contributed by atoms with E-state index in [4.69, 9.17) is 28.9 Å². The molecule has 0 bridgehead atoms. The molecular weight excluding hydrogens is 387 g/mol. The largest absolute Gasteiger partial charge is 0.393 e. The van der Waals surface area contributed by atoms with Crippen LogP contribution in [0.2, 0.25) is 10.0 Å². The predicted octanol–water partition coefficient (Wildman–Crippen LogP) is 3.89. The molecule has 0 unspecified atom stereocenters. The number of anilines is 4. The third kappa shape index (κ3) is 4.21. The second-order valence-electron chi connectivity index (χ2n) is 5.56. The molecule has 0 aliphatic rings. The van der Waals surface area contributed by atoms with Gasteiger partial charge in [-0.25, -0.2) is 9.97 Å². The van der Waals surface area contributed by atoms with Gasteiger partial charge >= 0.3 is 0 Å². The Balaban J connectivity index is 1.77. The highest BCUT2D eigenvalue weighted by Crippen LogP contribution is 2.30. The van der Waals surface area contributed by atoms with Crippen molar-refractivity contribution >= 4 is 52.1 Å². The van der Waals surface area contributed by atoms with E-state index in [0.29, 0.717) is 10.8 Å². The summed E-state index contributed by atoms with van der Waals surface area (Å²) in [5.74, 6) is 0.311. The van der Waals surface area contributed by atoms with E-state index in [1.165, 1.54) is 18.5 Å². The molecule has 0 aliphatic heterocycles. The number of carbonyl (C=O) groups is 1. The van der Waals surface area contributed by atoms with Gasteiger partial charge in [-0.2, -0.15) is 0 Å². The average Bonchev–Trinajstić information content (AvgIpc) is 2.67. The van der Waals surface area contributed by atoms with Gasteiger partial charge in [0.15, 0.2) is 11.6 Å². The van der Waals surface area contributed by atoms with Crippen molar-refractivity contribution in [1.29, 1.82) is 0 Å². The summed E-state index contributed by atoms with van der Waals surface area (Å²) >= 11 is 11.9. The minimum Gasteiger partial charge on any atom is -0.393 e. The van der Waals surface area contributed by atoms with Crippen LogP contribution in [0.1, 0.15) is 10.4 Å². The molecule has 0 fully saturated rings. The smallest absolute Gasteiger partial charge is 0.271 e.